The summed E-state index contributed by atoms with van der Waals surface area (Å²) in [4.78, 5) is 14.6. The zero-order chi connectivity index (χ0) is 14.5. The summed E-state index contributed by atoms with van der Waals surface area (Å²) in [6, 6.07) is 6.07. The highest BCUT2D eigenvalue weighted by molar-refractivity contribution is 9.10. The van der Waals surface area contributed by atoms with Gasteiger partial charge in [0.2, 0.25) is 0 Å². The minimum Gasteiger partial charge on any atom is -0.496 e. The van der Waals surface area contributed by atoms with Crippen molar-refractivity contribution in [2.75, 3.05) is 20.7 Å². The van der Waals surface area contributed by atoms with Gasteiger partial charge in [-0.05, 0) is 54.0 Å². The molecule has 0 aliphatic heterocycles. The highest BCUT2D eigenvalue weighted by Crippen LogP contribution is 2.26. The van der Waals surface area contributed by atoms with Crippen molar-refractivity contribution >= 4 is 21.7 Å². The quantitative estimate of drug-likeness (QED) is 0.762. The number of hydrogen-bond donors (Lipinski definition) is 0. The van der Waals surface area contributed by atoms with Crippen LogP contribution in [0.1, 0.15) is 42.5 Å². The third-order valence-electron chi connectivity index (χ3n) is 4.06. The topological polar surface area (TPSA) is 29.5 Å². The molecule has 0 amide bonds. The molecule has 0 aromatic heterocycles. The van der Waals surface area contributed by atoms with E-state index in [-0.39, 0.29) is 5.78 Å². The van der Waals surface area contributed by atoms with Gasteiger partial charge < -0.3 is 4.74 Å². The van der Waals surface area contributed by atoms with E-state index in [1.807, 2.05) is 18.2 Å². The number of methoxy groups -OCH3 is 1. The molecule has 0 bridgehead atoms. The van der Waals surface area contributed by atoms with E-state index in [4.69, 9.17) is 4.74 Å². The average molecular weight is 340 g/mol. The molecule has 0 atom stereocenters. The fourth-order valence-corrected chi connectivity index (χ4v) is 3.35. The summed E-state index contributed by atoms with van der Waals surface area (Å²) in [5.41, 5.74) is 0.736. The van der Waals surface area contributed by atoms with Crippen LogP contribution in [0, 0.1) is 0 Å². The van der Waals surface area contributed by atoms with Gasteiger partial charge in [0.25, 0.3) is 0 Å². The van der Waals surface area contributed by atoms with Crippen molar-refractivity contribution in [2.24, 2.45) is 0 Å². The Kier molecular flexibility index (Phi) is 5.61. The fraction of sp³-hybridized carbons (Fsp3) is 0.562. The molecule has 0 saturated heterocycles. The first-order chi connectivity index (χ1) is 9.61. The number of rotatable bonds is 5. The Morgan fingerprint density at radius 1 is 1.35 bits per heavy atom. The van der Waals surface area contributed by atoms with E-state index in [1.165, 1.54) is 32.1 Å². The van der Waals surface area contributed by atoms with Crippen LogP contribution in [0.25, 0.3) is 0 Å². The van der Waals surface area contributed by atoms with E-state index in [9.17, 15) is 4.79 Å². The Morgan fingerprint density at radius 2 is 2.05 bits per heavy atom. The van der Waals surface area contributed by atoms with E-state index in [2.05, 4.69) is 27.9 Å². The lowest BCUT2D eigenvalue weighted by Crippen LogP contribution is -2.37. The smallest absolute Gasteiger partial charge is 0.176 e. The van der Waals surface area contributed by atoms with Gasteiger partial charge in [0.15, 0.2) is 5.78 Å². The molecule has 0 heterocycles. The maximum atomic E-state index is 12.3. The molecular weight excluding hydrogens is 318 g/mol. The summed E-state index contributed by atoms with van der Waals surface area (Å²) in [7, 11) is 3.69. The second-order valence-electron chi connectivity index (χ2n) is 5.48. The third-order valence-corrected chi connectivity index (χ3v) is 4.68. The molecule has 0 spiro atoms. The van der Waals surface area contributed by atoms with Crippen LogP contribution in [0.4, 0.5) is 0 Å². The predicted octanol–water partition coefficient (Wildman–Crippen LogP) is 3.90. The lowest BCUT2D eigenvalue weighted by atomic mass is 9.94. The van der Waals surface area contributed by atoms with Gasteiger partial charge >= 0.3 is 0 Å². The first kappa shape index (κ1) is 15.5. The molecule has 1 aromatic rings. The average Bonchev–Trinajstić information content (AvgIpc) is 2.48. The standard InChI is InChI=1S/C16H22BrNO2/c1-18(13-6-4-3-5-7-13)11-15(19)12-8-9-16(20-2)14(17)10-12/h8-10,13H,3-7,11H2,1-2H3. The van der Waals surface area contributed by atoms with Gasteiger partial charge in [-0.3, -0.25) is 9.69 Å². The van der Waals surface area contributed by atoms with Crippen LogP contribution >= 0.6 is 15.9 Å². The highest BCUT2D eigenvalue weighted by atomic mass is 79.9. The van der Waals surface area contributed by atoms with Crippen LogP contribution in [0.3, 0.4) is 0 Å². The van der Waals surface area contributed by atoms with E-state index >= 15 is 0 Å². The van der Waals surface area contributed by atoms with Crippen LogP contribution in [0.2, 0.25) is 0 Å². The third kappa shape index (κ3) is 3.83. The number of halogens is 1. The molecule has 1 saturated carbocycles. The van der Waals surface area contributed by atoms with Crippen molar-refractivity contribution in [1.29, 1.82) is 0 Å². The molecular formula is C16H22BrNO2. The number of Topliss-reactive ketones (excluding diaryl/α,β-unsaturated/α-hetero) is 1. The van der Waals surface area contributed by atoms with E-state index in [1.54, 1.807) is 7.11 Å². The second kappa shape index (κ2) is 7.23. The number of ketones is 1. The second-order valence-corrected chi connectivity index (χ2v) is 6.33. The maximum absolute atomic E-state index is 12.3. The van der Waals surface area contributed by atoms with E-state index < -0.39 is 0 Å². The molecule has 2 rings (SSSR count). The Labute approximate surface area is 129 Å². The number of hydrogen-bond acceptors (Lipinski definition) is 3. The van der Waals surface area contributed by atoms with E-state index in [0.29, 0.717) is 12.6 Å². The first-order valence-electron chi connectivity index (χ1n) is 7.19. The van der Waals surface area contributed by atoms with Crippen molar-refractivity contribution in [3.05, 3.63) is 28.2 Å². The van der Waals surface area contributed by atoms with Gasteiger partial charge in [-0.15, -0.1) is 0 Å². The molecule has 3 nitrogen and oxygen atoms in total. The Bertz CT molecular complexity index is 470. The predicted molar refractivity (Wildman–Crippen MR) is 84.5 cm³/mol. The van der Waals surface area contributed by atoms with Crippen LogP contribution in [0.15, 0.2) is 22.7 Å². The lowest BCUT2D eigenvalue weighted by Gasteiger charge is -2.30. The minimum absolute atomic E-state index is 0.168. The number of likely N-dealkylation sites (N-methyl/N-ethyl adjacent to an activating group) is 1. The molecule has 1 aliphatic carbocycles. The normalized spacial score (nSPS) is 16.4. The molecule has 1 fully saturated rings. The molecule has 0 N–H and O–H groups in total. The van der Waals surface area contributed by atoms with Crippen molar-refractivity contribution in [3.8, 4) is 5.75 Å². The molecule has 1 aliphatic rings. The van der Waals surface area contributed by atoms with Crippen molar-refractivity contribution in [3.63, 3.8) is 0 Å². The molecule has 110 valence electrons. The Morgan fingerprint density at radius 3 is 2.65 bits per heavy atom. The van der Waals surface area contributed by atoms with Crippen LogP contribution in [-0.2, 0) is 0 Å². The van der Waals surface area contributed by atoms with Gasteiger partial charge in [0.05, 0.1) is 18.1 Å². The summed E-state index contributed by atoms with van der Waals surface area (Å²) >= 11 is 3.43. The van der Waals surface area contributed by atoms with Gasteiger partial charge in [0, 0.05) is 11.6 Å². The fourth-order valence-electron chi connectivity index (χ4n) is 2.81. The van der Waals surface area contributed by atoms with Crippen molar-refractivity contribution < 1.29 is 9.53 Å². The molecule has 20 heavy (non-hydrogen) atoms. The molecule has 0 unspecified atom stereocenters. The summed E-state index contributed by atoms with van der Waals surface area (Å²) in [6.07, 6.45) is 6.35. The van der Waals surface area contributed by atoms with Crippen molar-refractivity contribution in [1.82, 2.24) is 4.90 Å². The lowest BCUT2D eigenvalue weighted by molar-refractivity contribution is 0.0899. The van der Waals surface area contributed by atoms with Crippen LogP contribution in [0.5, 0.6) is 5.75 Å². The van der Waals surface area contributed by atoms with E-state index in [0.717, 1.165) is 15.8 Å². The van der Waals surface area contributed by atoms with Gasteiger partial charge in [-0.1, -0.05) is 19.3 Å². The SMILES string of the molecule is COc1ccc(C(=O)CN(C)C2CCCCC2)cc1Br. The minimum atomic E-state index is 0.168. The summed E-state index contributed by atoms with van der Waals surface area (Å²) in [5.74, 6) is 0.920. The number of carbonyl (C=O) groups is 1. The summed E-state index contributed by atoms with van der Waals surface area (Å²) in [6.45, 7) is 0.490. The number of carbonyl (C=O) groups excluding carboxylic acids is 1. The molecule has 0 radical (unpaired) electrons. The largest absolute Gasteiger partial charge is 0.496 e. The highest BCUT2D eigenvalue weighted by Gasteiger charge is 2.20. The summed E-state index contributed by atoms with van der Waals surface area (Å²) < 4.78 is 6.01. The Balaban J connectivity index is 1.98. The number of nitrogens with zero attached hydrogens (tertiary/aromatic N) is 1. The zero-order valence-electron chi connectivity index (χ0n) is 12.2. The van der Waals surface area contributed by atoms with Crippen LogP contribution < -0.4 is 4.74 Å². The van der Waals surface area contributed by atoms with Gasteiger partial charge in [0.1, 0.15) is 5.75 Å². The van der Waals surface area contributed by atoms with Crippen LogP contribution in [-0.4, -0.2) is 37.4 Å². The Hall–Kier alpha value is -0.870. The molecule has 1 aromatic carbocycles. The maximum Gasteiger partial charge on any atom is 0.176 e. The monoisotopic (exact) mass is 339 g/mol. The first-order valence-corrected chi connectivity index (χ1v) is 7.98. The number of ether oxygens (including phenoxy) is 1. The summed E-state index contributed by atoms with van der Waals surface area (Å²) in [5, 5.41) is 0. The van der Waals surface area contributed by atoms with Gasteiger partial charge in [-0.2, -0.15) is 0 Å². The zero-order valence-corrected chi connectivity index (χ0v) is 13.8. The molecule has 4 heteroatoms. The van der Waals surface area contributed by atoms with Crippen molar-refractivity contribution in [2.45, 2.75) is 38.1 Å². The van der Waals surface area contributed by atoms with Gasteiger partial charge in [-0.25, -0.2) is 0 Å². The number of benzene rings is 1.